The SMILES string of the molecule is Cc1ccnn1-c1ccc(C(=O)NNC(=O)C2COc3ccccc3O2)cc1. The Morgan fingerprint density at radius 1 is 1.04 bits per heavy atom. The van der Waals surface area contributed by atoms with Gasteiger partial charge in [0.05, 0.1) is 5.69 Å². The van der Waals surface area contributed by atoms with Gasteiger partial charge in [0.1, 0.15) is 6.61 Å². The van der Waals surface area contributed by atoms with Gasteiger partial charge in [-0.05, 0) is 49.4 Å². The van der Waals surface area contributed by atoms with E-state index >= 15 is 0 Å². The van der Waals surface area contributed by atoms with Gasteiger partial charge in [-0.3, -0.25) is 20.4 Å². The van der Waals surface area contributed by atoms with Crippen LogP contribution in [0.4, 0.5) is 0 Å². The molecular weight excluding hydrogens is 360 g/mol. The van der Waals surface area contributed by atoms with Crippen molar-refractivity contribution < 1.29 is 19.1 Å². The Bertz CT molecular complexity index is 1010. The molecule has 0 saturated carbocycles. The molecule has 8 nitrogen and oxygen atoms in total. The van der Waals surface area contributed by atoms with Crippen LogP contribution in [0.25, 0.3) is 5.69 Å². The highest BCUT2D eigenvalue weighted by molar-refractivity contribution is 5.96. The van der Waals surface area contributed by atoms with E-state index in [4.69, 9.17) is 9.47 Å². The van der Waals surface area contributed by atoms with E-state index in [0.29, 0.717) is 17.1 Å². The number of carbonyl (C=O) groups excluding carboxylic acids is 2. The number of carbonyl (C=O) groups is 2. The number of aryl methyl sites for hydroxylation is 1. The summed E-state index contributed by atoms with van der Waals surface area (Å²) in [5.74, 6) is 0.147. The van der Waals surface area contributed by atoms with Gasteiger partial charge < -0.3 is 9.47 Å². The second kappa shape index (κ2) is 7.43. The molecule has 2 aromatic carbocycles. The fraction of sp³-hybridized carbons (Fsp3) is 0.150. The van der Waals surface area contributed by atoms with Crippen molar-refractivity contribution in [3.05, 3.63) is 72.1 Å². The van der Waals surface area contributed by atoms with Gasteiger partial charge in [-0.2, -0.15) is 5.10 Å². The maximum absolute atomic E-state index is 12.3. The van der Waals surface area contributed by atoms with Crippen LogP contribution in [0.2, 0.25) is 0 Å². The highest BCUT2D eigenvalue weighted by atomic mass is 16.6. The van der Waals surface area contributed by atoms with Crippen molar-refractivity contribution in [3.8, 4) is 17.2 Å². The number of hydrogen-bond donors (Lipinski definition) is 2. The molecule has 0 fully saturated rings. The summed E-state index contributed by atoms with van der Waals surface area (Å²) in [6, 6.07) is 15.9. The number of para-hydroxylation sites is 2. The largest absolute Gasteiger partial charge is 0.485 e. The zero-order valence-electron chi connectivity index (χ0n) is 15.1. The summed E-state index contributed by atoms with van der Waals surface area (Å²) >= 11 is 0. The number of fused-ring (bicyclic) bond motifs is 1. The van der Waals surface area contributed by atoms with E-state index in [1.807, 2.05) is 19.1 Å². The Morgan fingerprint density at radius 2 is 1.79 bits per heavy atom. The molecule has 142 valence electrons. The molecule has 0 saturated heterocycles. The fourth-order valence-corrected chi connectivity index (χ4v) is 2.81. The molecule has 0 radical (unpaired) electrons. The first-order valence-electron chi connectivity index (χ1n) is 8.71. The van der Waals surface area contributed by atoms with Crippen molar-refractivity contribution >= 4 is 11.8 Å². The van der Waals surface area contributed by atoms with Crippen LogP contribution in [0.5, 0.6) is 11.5 Å². The van der Waals surface area contributed by atoms with Crippen LogP contribution in [-0.2, 0) is 4.79 Å². The number of aromatic nitrogens is 2. The van der Waals surface area contributed by atoms with Crippen molar-refractivity contribution in [2.24, 2.45) is 0 Å². The molecule has 2 heterocycles. The van der Waals surface area contributed by atoms with Gasteiger partial charge in [0.25, 0.3) is 11.8 Å². The first-order chi connectivity index (χ1) is 13.6. The second-order valence-corrected chi connectivity index (χ2v) is 6.24. The average Bonchev–Trinajstić information content (AvgIpc) is 3.17. The topological polar surface area (TPSA) is 94.5 Å². The lowest BCUT2D eigenvalue weighted by atomic mass is 10.2. The summed E-state index contributed by atoms with van der Waals surface area (Å²) in [4.78, 5) is 24.5. The van der Waals surface area contributed by atoms with E-state index in [1.165, 1.54) is 0 Å². The lowest BCUT2D eigenvalue weighted by molar-refractivity contribution is -0.131. The molecule has 0 spiro atoms. The number of amides is 2. The van der Waals surface area contributed by atoms with Gasteiger partial charge >= 0.3 is 0 Å². The van der Waals surface area contributed by atoms with Gasteiger partial charge in [0, 0.05) is 17.5 Å². The third-order valence-electron chi connectivity index (χ3n) is 4.31. The lowest BCUT2D eigenvalue weighted by Gasteiger charge is -2.25. The predicted molar refractivity (Wildman–Crippen MR) is 100 cm³/mol. The van der Waals surface area contributed by atoms with Gasteiger partial charge in [-0.15, -0.1) is 0 Å². The maximum atomic E-state index is 12.3. The summed E-state index contributed by atoms with van der Waals surface area (Å²) < 4.78 is 12.9. The van der Waals surface area contributed by atoms with E-state index in [9.17, 15) is 9.59 Å². The normalized spacial score (nSPS) is 15.0. The van der Waals surface area contributed by atoms with Gasteiger partial charge in [-0.1, -0.05) is 12.1 Å². The Hall–Kier alpha value is -3.81. The van der Waals surface area contributed by atoms with E-state index < -0.39 is 17.9 Å². The Balaban J connectivity index is 1.34. The first kappa shape index (κ1) is 17.6. The molecule has 1 unspecified atom stereocenters. The van der Waals surface area contributed by atoms with Crippen molar-refractivity contribution in [1.29, 1.82) is 0 Å². The summed E-state index contributed by atoms with van der Waals surface area (Å²) in [5.41, 5.74) is 6.99. The number of rotatable bonds is 3. The quantitative estimate of drug-likeness (QED) is 0.678. The molecule has 1 aliphatic heterocycles. The summed E-state index contributed by atoms with van der Waals surface area (Å²) in [7, 11) is 0. The minimum Gasteiger partial charge on any atom is -0.485 e. The Kier molecular flexibility index (Phi) is 4.67. The highest BCUT2D eigenvalue weighted by Gasteiger charge is 2.27. The molecule has 2 N–H and O–H groups in total. The molecule has 0 bridgehead atoms. The van der Waals surface area contributed by atoms with E-state index in [-0.39, 0.29) is 6.61 Å². The number of hydrogen-bond acceptors (Lipinski definition) is 5. The molecule has 28 heavy (non-hydrogen) atoms. The number of benzene rings is 2. The Morgan fingerprint density at radius 3 is 2.50 bits per heavy atom. The molecule has 3 aromatic rings. The van der Waals surface area contributed by atoms with Crippen LogP contribution in [0.3, 0.4) is 0 Å². The zero-order valence-corrected chi connectivity index (χ0v) is 15.1. The molecule has 4 rings (SSSR count). The summed E-state index contributed by atoms with van der Waals surface area (Å²) in [5, 5.41) is 4.22. The zero-order chi connectivity index (χ0) is 19.5. The van der Waals surface area contributed by atoms with Crippen molar-refractivity contribution in [2.75, 3.05) is 6.61 Å². The third-order valence-corrected chi connectivity index (χ3v) is 4.31. The van der Waals surface area contributed by atoms with Crippen LogP contribution in [0.15, 0.2) is 60.8 Å². The molecular formula is C20H18N4O4. The lowest BCUT2D eigenvalue weighted by Crippen LogP contribution is -2.50. The van der Waals surface area contributed by atoms with Gasteiger partial charge in [-0.25, -0.2) is 4.68 Å². The molecule has 0 aliphatic carbocycles. The fourth-order valence-electron chi connectivity index (χ4n) is 2.81. The molecule has 1 aromatic heterocycles. The van der Waals surface area contributed by atoms with Gasteiger partial charge in [0.2, 0.25) is 6.10 Å². The summed E-state index contributed by atoms with van der Waals surface area (Å²) in [6.45, 7) is 2.01. The van der Waals surface area contributed by atoms with E-state index in [1.54, 1.807) is 53.3 Å². The minimum absolute atomic E-state index is 0.0661. The standard InChI is InChI=1S/C20H18N4O4/c1-13-10-11-21-24(13)15-8-6-14(7-9-15)19(25)22-23-20(26)18-12-27-16-4-2-3-5-17(16)28-18/h2-11,18H,12H2,1H3,(H,22,25)(H,23,26). The Labute approximate surface area is 161 Å². The van der Waals surface area contributed by atoms with Crippen LogP contribution < -0.4 is 20.3 Å². The number of ether oxygens (including phenoxy) is 2. The minimum atomic E-state index is -0.847. The summed E-state index contributed by atoms with van der Waals surface area (Å²) in [6.07, 6.45) is 0.862. The molecule has 2 amide bonds. The molecule has 8 heteroatoms. The second-order valence-electron chi connectivity index (χ2n) is 6.24. The number of nitrogens with zero attached hydrogens (tertiary/aromatic N) is 2. The highest BCUT2D eigenvalue weighted by Crippen LogP contribution is 2.30. The van der Waals surface area contributed by atoms with Crippen molar-refractivity contribution in [2.45, 2.75) is 13.0 Å². The maximum Gasteiger partial charge on any atom is 0.283 e. The number of hydrazine groups is 1. The van der Waals surface area contributed by atoms with Crippen LogP contribution in [-0.4, -0.2) is 34.3 Å². The third kappa shape index (κ3) is 3.52. The smallest absolute Gasteiger partial charge is 0.283 e. The van der Waals surface area contributed by atoms with E-state index in [2.05, 4.69) is 16.0 Å². The predicted octanol–water partition coefficient (Wildman–Crippen LogP) is 1.78. The van der Waals surface area contributed by atoms with Crippen molar-refractivity contribution in [3.63, 3.8) is 0 Å². The molecule has 1 aliphatic rings. The van der Waals surface area contributed by atoms with Crippen molar-refractivity contribution in [1.82, 2.24) is 20.6 Å². The average molecular weight is 378 g/mol. The van der Waals surface area contributed by atoms with Gasteiger partial charge in [0.15, 0.2) is 11.5 Å². The first-order valence-corrected chi connectivity index (χ1v) is 8.71. The van der Waals surface area contributed by atoms with Crippen LogP contribution >= 0.6 is 0 Å². The van der Waals surface area contributed by atoms with E-state index in [0.717, 1.165) is 11.4 Å². The van der Waals surface area contributed by atoms with Crippen LogP contribution in [0.1, 0.15) is 16.1 Å². The molecule has 1 atom stereocenters. The van der Waals surface area contributed by atoms with Crippen LogP contribution in [0, 0.1) is 6.92 Å². The monoisotopic (exact) mass is 378 g/mol. The number of nitrogens with one attached hydrogen (secondary N) is 2.